The molecule has 96 valence electrons. The van der Waals surface area contributed by atoms with Crippen LogP contribution in [0.4, 0.5) is 0 Å². The van der Waals surface area contributed by atoms with Gasteiger partial charge in [0.05, 0.1) is 6.10 Å². The number of benzene rings is 1. The van der Waals surface area contributed by atoms with E-state index in [1.807, 2.05) is 50.2 Å². The van der Waals surface area contributed by atoms with Gasteiger partial charge in [0.15, 0.2) is 11.2 Å². The van der Waals surface area contributed by atoms with Gasteiger partial charge in [-0.15, -0.1) is 0 Å². The molecule has 19 heavy (non-hydrogen) atoms. The lowest BCUT2D eigenvalue weighted by molar-refractivity contribution is 0.242. The summed E-state index contributed by atoms with van der Waals surface area (Å²) in [6, 6.07) is 11.4. The van der Waals surface area contributed by atoms with E-state index in [1.54, 1.807) is 6.20 Å². The lowest BCUT2D eigenvalue weighted by atomic mass is 10.2. The lowest BCUT2D eigenvalue weighted by Gasteiger charge is -2.09. The molecule has 0 saturated heterocycles. The third-order valence-corrected chi connectivity index (χ3v) is 2.62. The molecule has 0 fully saturated rings. The zero-order valence-corrected chi connectivity index (χ0v) is 10.8. The Labute approximate surface area is 111 Å². The second kappa shape index (κ2) is 4.72. The lowest BCUT2D eigenvalue weighted by Crippen LogP contribution is -2.05. The highest BCUT2D eigenvalue weighted by Crippen LogP contribution is 2.26. The molecule has 0 amide bonds. The van der Waals surface area contributed by atoms with Crippen molar-refractivity contribution in [2.45, 2.75) is 20.0 Å². The van der Waals surface area contributed by atoms with Gasteiger partial charge in [0, 0.05) is 11.8 Å². The number of rotatable bonds is 3. The van der Waals surface area contributed by atoms with Crippen LogP contribution in [0.15, 0.2) is 47.0 Å². The molecule has 0 radical (unpaired) electrons. The van der Waals surface area contributed by atoms with Gasteiger partial charge in [0.1, 0.15) is 5.75 Å². The molecule has 0 unspecified atom stereocenters. The zero-order chi connectivity index (χ0) is 13.2. The molecule has 0 atom stereocenters. The second-order valence-corrected chi connectivity index (χ2v) is 4.54. The number of fused-ring (bicyclic) bond motifs is 1. The molecule has 0 saturated carbocycles. The minimum absolute atomic E-state index is 0.139. The Hall–Kier alpha value is -2.36. The molecule has 4 heteroatoms. The van der Waals surface area contributed by atoms with Gasteiger partial charge in [0.25, 0.3) is 0 Å². The minimum Gasteiger partial charge on any atom is -0.491 e. The number of nitrogens with zero attached hydrogens (tertiary/aromatic N) is 2. The highest BCUT2D eigenvalue weighted by molar-refractivity contribution is 5.72. The van der Waals surface area contributed by atoms with Crippen LogP contribution in [0.2, 0.25) is 0 Å². The molecular weight excluding hydrogens is 240 g/mol. The summed E-state index contributed by atoms with van der Waals surface area (Å²) >= 11 is 0. The van der Waals surface area contributed by atoms with E-state index in [0.29, 0.717) is 17.1 Å². The summed E-state index contributed by atoms with van der Waals surface area (Å²) in [7, 11) is 0. The average Bonchev–Trinajstić information content (AvgIpc) is 2.82. The van der Waals surface area contributed by atoms with Crippen molar-refractivity contribution in [3.63, 3.8) is 0 Å². The van der Waals surface area contributed by atoms with Crippen molar-refractivity contribution in [1.29, 1.82) is 0 Å². The summed E-state index contributed by atoms with van der Waals surface area (Å²) in [5, 5.41) is 0. The van der Waals surface area contributed by atoms with Crippen molar-refractivity contribution in [2.24, 2.45) is 0 Å². The van der Waals surface area contributed by atoms with Crippen LogP contribution < -0.4 is 4.74 Å². The first-order chi connectivity index (χ1) is 9.22. The topological polar surface area (TPSA) is 48.2 Å². The molecule has 2 heterocycles. The van der Waals surface area contributed by atoms with E-state index in [2.05, 4.69) is 9.97 Å². The highest BCUT2D eigenvalue weighted by Gasteiger charge is 2.09. The summed E-state index contributed by atoms with van der Waals surface area (Å²) in [5.41, 5.74) is 2.19. The minimum atomic E-state index is 0.139. The predicted molar refractivity (Wildman–Crippen MR) is 73.0 cm³/mol. The highest BCUT2D eigenvalue weighted by atomic mass is 16.5. The van der Waals surface area contributed by atoms with Crippen molar-refractivity contribution >= 4 is 11.2 Å². The zero-order valence-electron chi connectivity index (χ0n) is 10.8. The molecule has 0 aliphatic carbocycles. The third-order valence-electron chi connectivity index (χ3n) is 2.62. The number of aromatic nitrogens is 2. The molecule has 0 spiro atoms. The second-order valence-electron chi connectivity index (χ2n) is 4.54. The number of hydrogen-bond donors (Lipinski definition) is 0. The fourth-order valence-electron chi connectivity index (χ4n) is 1.87. The normalized spacial score (nSPS) is 11.1. The summed E-state index contributed by atoms with van der Waals surface area (Å²) in [4.78, 5) is 8.53. The van der Waals surface area contributed by atoms with Gasteiger partial charge in [-0.2, -0.15) is 4.98 Å². The molecule has 0 aliphatic rings. The molecule has 0 aliphatic heterocycles. The maximum absolute atomic E-state index is 5.68. The molecule has 3 aromatic rings. The Morgan fingerprint density at radius 1 is 1.16 bits per heavy atom. The van der Waals surface area contributed by atoms with Crippen LogP contribution in [0, 0.1) is 0 Å². The van der Waals surface area contributed by atoms with Gasteiger partial charge in [-0.25, -0.2) is 4.98 Å². The average molecular weight is 254 g/mol. The van der Waals surface area contributed by atoms with Gasteiger partial charge in [-0.05, 0) is 44.2 Å². The van der Waals surface area contributed by atoms with Crippen LogP contribution >= 0.6 is 0 Å². The molecule has 4 nitrogen and oxygen atoms in total. The monoisotopic (exact) mass is 254 g/mol. The number of oxazole rings is 1. The Morgan fingerprint density at radius 2 is 2.05 bits per heavy atom. The van der Waals surface area contributed by atoms with Gasteiger partial charge in [-0.1, -0.05) is 6.07 Å². The van der Waals surface area contributed by atoms with E-state index in [1.165, 1.54) is 0 Å². The Balaban J connectivity index is 2.01. The van der Waals surface area contributed by atoms with Crippen molar-refractivity contribution in [3.05, 3.63) is 42.6 Å². The molecule has 2 aromatic heterocycles. The van der Waals surface area contributed by atoms with E-state index in [0.717, 1.165) is 11.3 Å². The van der Waals surface area contributed by atoms with Crippen LogP contribution in [0.5, 0.6) is 5.75 Å². The Kier molecular flexibility index (Phi) is 2.91. The molecule has 1 aromatic carbocycles. The van der Waals surface area contributed by atoms with Crippen molar-refractivity contribution in [2.75, 3.05) is 0 Å². The van der Waals surface area contributed by atoms with Crippen LogP contribution in [0.25, 0.3) is 22.7 Å². The largest absolute Gasteiger partial charge is 0.491 e. The van der Waals surface area contributed by atoms with Crippen LogP contribution in [-0.4, -0.2) is 16.1 Å². The molecule has 3 rings (SSSR count). The van der Waals surface area contributed by atoms with Gasteiger partial charge in [0.2, 0.25) is 5.89 Å². The van der Waals surface area contributed by atoms with E-state index in [9.17, 15) is 0 Å². The van der Waals surface area contributed by atoms with Crippen molar-refractivity contribution in [3.8, 4) is 17.2 Å². The van der Waals surface area contributed by atoms with E-state index in [4.69, 9.17) is 9.15 Å². The number of ether oxygens (including phenoxy) is 1. The quantitative estimate of drug-likeness (QED) is 0.715. The fraction of sp³-hybridized carbons (Fsp3) is 0.200. The maximum Gasteiger partial charge on any atom is 0.229 e. The fourth-order valence-corrected chi connectivity index (χ4v) is 1.87. The molecule has 0 N–H and O–H groups in total. The summed E-state index contributed by atoms with van der Waals surface area (Å²) in [6.45, 7) is 3.99. The van der Waals surface area contributed by atoms with Crippen LogP contribution in [0.1, 0.15) is 13.8 Å². The van der Waals surface area contributed by atoms with E-state index >= 15 is 0 Å². The van der Waals surface area contributed by atoms with Gasteiger partial charge >= 0.3 is 0 Å². The van der Waals surface area contributed by atoms with E-state index < -0.39 is 0 Å². The first-order valence-corrected chi connectivity index (χ1v) is 6.21. The molecule has 0 bridgehead atoms. The third kappa shape index (κ3) is 2.42. The number of pyridine rings is 1. The van der Waals surface area contributed by atoms with Gasteiger partial charge in [-0.3, -0.25) is 0 Å². The first-order valence-electron chi connectivity index (χ1n) is 6.21. The molecular formula is C15H14N2O2. The first kappa shape index (κ1) is 11.7. The smallest absolute Gasteiger partial charge is 0.229 e. The van der Waals surface area contributed by atoms with Crippen LogP contribution in [-0.2, 0) is 0 Å². The van der Waals surface area contributed by atoms with E-state index in [-0.39, 0.29) is 6.10 Å². The van der Waals surface area contributed by atoms with Gasteiger partial charge < -0.3 is 9.15 Å². The maximum atomic E-state index is 5.68. The Bertz CT molecular complexity index is 671. The summed E-state index contributed by atoms with van der Waals surface area (Å²) in [6.07, 6.45) is 1.84. The van der Waals surface area contributed by atoms with Crippen LogP contribution in [0.3, 0.4) is 0 Å². The Morgan fingerprint density at radius 3 is 2.84 bits per heavy atom. The summed E-state index contributed by atoms with van der Waals surface area (Å²) < 4.78 is 11.4. The standard InChI is InChI=1S/C15H14N2O2/c1-10(2)18-12-6-3-5-11(9-12)15-17-14-13(19-15)7-4-8-16-14/h3-10H,1-2H3. The van der Waals surface area contributed by atoms with Crippen molar-refractivity contribution < 1.29 is 9.15 Å². The van der Waals surface area contributed by atoms with Crippen molar-refractivity contribution in [1.82, 2.24) is 9.97 Å². The summed E-state index contributed by atoms with van der Waals surface area (Å²) in [5.74, 6) is 1.37. The SMILES string of the molecule is CC(C)Oc1cccc(-c2nc3ncccc3o2)c1. The number of hydrogen-bond acceptors (Lipinski definition) is 4. The predicted octanol–water partition coefficient (Wildman–Crippen LogP) is 3.68.